The summed E-state index contributed by atoms with van der Waals surface area (Å²) >= 11 is 0. The van der Waals surface area contributed by atoms with Crippen molar-refractivity contribution in [1.29, 1.82) is 0 Å². The second-order valence-electron chi connectivity index (χ2n) is 8.28. The number of hydrogen-bond donors (Lipinski definition) is 0. The van der Waals surface area contributed by atoms with Gasteiger partial charge in [0.1, 0.15) is 12.5 Å². The van der Waals surface area contributed by atoms with Crippen molar-refractivity contribution in [2.75, 3.05) is 0 Å². The Balaban J connectivity index is 5.40. The first kappa shape index (κ1) is 20.8. The van der Waals surface area contributed by atoms with Crippen molar-refractivity contribution in [2.24, 2.45) is 11.8 Å². The summed E-state index contributed by atoms with van der Waals surface area (Å²) in [6, 6.07) is 0. The number of nitrogens with zero attached hydrogens (tertiary/aromatic N) is 1. The first-order valence-corrected chi connectivity index (χ1v) is 14.7. The molecule has 0 saturated heterocycles. The highest BCUT2D eigenvalue weighted by atomic mass is 28.4. The van der Waals surface area contributed by atoms with Gasteiger partial charge in [-0.2, -0.15) is 0 Å². The van der Waals surface area contributed by atoms with Gasteiger partial charge in [0.25, 0.3) is 0 Å². The van der Waals surface area contributed by atoms with E-state index in [0.717, 1.165) is 6.41 Å². The maximum atomic E-state index is 11.8. The number of carbonyl (C=O) groups excluding carboxylic acids is 1. The molecular formula is C15H35NO3Si2. The maximum absolute atomic E-state index is 11.8. The minimum Gasteiger partial charge on any atom is -0.397 e. The lowest BCUT2D eigenvalue weighted by atomic mass is 10.1. The first-order chi connectivity index (χ1) is 9.28. The van der Waals surface area contributed by atoms with Crippen molar-refractivity contribution in [1.82, 2.24) is 4.90 Å². The number of amides is 1. The van der Waals surface area contributed by atoms with Crippen molar-refractivity contribution >= 4 is 23.0 Å². The summed E-state index contributed by atoms with van der Waals surface area (Å²) in [7, 11) is -3.49. The summed E-state index contributed by atoms with van der Waals surface area (Å²) in [5, 5.41) is 0. The van der Waals surface area contributed by atoms with Crippen LogP contribution in [0.2, 0.25) is 39.3 Å². The standard InChI is InChI=1S/C15H35NO3Si2/c1-12(2)14(18-20(5,6)7)16(11-17)15(13(3)4)19-21(8,9)10/h11-15H,1-10H3. The van der Waals surface area contributed by atoms with Crippen LogP contribution in [0.15, 0.2) is 0 Å². The van der Waals surface area contributed by atoms with Crippen LogP contribution < -0.4 is 0 Å². The fourth-order valence-electron chi connectivity index (χ4n) is 2.07. The molecule has 4 nitrogen and oxygen atoms in total. The van der Waals surface area contributed by atoms with Gasteiger partial charge in [-0.3, -0.25) is 9.69 Å². The molecule has 0 radical (unpaired) electrons. The molecule has 1 amide bonds. The van der Waals surface area contributed by atoms with Gasteiger partial charge in [0.15, 0.2) is 16.6 Å². The lowest BCUT2D eigenvalue weighted by Crippen LogP contribution is -2.55. The largest absolute Gasteiger partial charge is 0.397 e. The van der Waals surface area contributed by atoms with Crippen molar-refractivity contribution in [3.8, 4) is 0 Å². The van der Waals surface area contributed by atoms with Crippen molar-refractivity contribution < 1.29 is 13.6 Å². The van der Waals surface area contributed by atoms with Gasteiger partial charge in [-0.25, -0.2) is 0 Å². The van der Waals surface area contributed by atoms with Gasteiger partial charge >= 0.3 is 0 Å². The number of carbonyl (C=O) groups is 1. The molecule has 6 heteroatoms. The predicted octanol–water partition coefficient (Wildman–Crippen LogP) is 4.11. The van der Waals surface area contributed by atoms with Crippen LogP contribution in [-0.4, -0.2) is 40.4 Å². The monoisotopic (exact) mass is 333 g/mol. The van der Waals surface area contributed by atoms with Gasteiger partial charge in [-0.15, -0.1) is 0 Å². The zero-order chi connectivity index (χ0) is 17.0. The van der Waals surface area contributed by atoms with Gasteiger partial charge in [0.2, 0.25) is 6.41 Å². The Hall–Kier alpha value is -0.176. The van der Waals surface area contributed by atoms with Gasteiger partial charge in [0, 0.05) is 0 Å². The molecule has 0 saturated carbocycles. The fraction of sp³-hybridized carbons (Fsp3) is 0.933. The van der Waals surface area contributed by atoms with Crippen LogP contribution in [0.25, 0.3) is 0 Å². The minimum absolute atomic E-state index is 0.224. The quantitative estimate of drug-likeness (QED) is 0.362. The molecule has 0 heterocycles. The molecule has 0 aromatic rings. The van der Waals surface area contributed by atoms with E-state index in [1.54, 1.807) is 4.90 Å². The number of rotatable bonds is 9. The summed E-state index contributed by atoms with van der Waals surface area (Å²) in [6.45, 7) is 21.2. The molecule has 0 bridgehead atoms. The molecule has 0 spiro atoms. The lowest BCUT2D eigenvalue weighted by Gasteiger charge is -2.43. The highest BCUT2D eigenvalue weighted by Gasteiger charge is 2.36. The summed E-state index contributed by atoms with van der Waals surface area (Å²) in [5.41, 5.74) is 0. The van der Waals surface area contributed by atoms with E-state index in [0.29, 0.717) is 0 Å². The zero-order valence-electron chi connectivity index (χ0n) is 15.6. The third-order valence-electron chi connectivity index (χ3n) is 2.80. The van der Waals surface area contributed by atoms with Crippen molar-refractivity contribution in [2.45, 2.75) is 79.4 Å². The molecular weight excluding hydrogens is 298 g/mol. The van der Waals surface area contributed by atoms with E-state index in [9.17, 15) is 4.79 Å². The maximum Gasteiger partial charge on any atom is 0.213 e. The molecule has 0 aliphatic heterocycles. The SMILES string of the molecule is CC(C)C(O[Si](C)(C)C)N(C=O)C(O[Si](C)(C)C)C(C)C. The second kappa shape index (κ2) is 7.90. The highest BCUT2D eigenvalue weighted by Crippen LogP contribution is 2.25. The Morgan fingerprint density at radius 3 is 1.19 bits per heavy atom. The molecule has 0 fully saturated rings. The van der Waals surface area contributed by atoms with Crippen LogP contribution in [0.4, 0.5) is 0 Å². The first-order valence-electron chi connectivity index (χ1n) is 7.87. The van der Waals surface area contributed by atoms with Crippen molar-refractivity contribution in [3.05, 3.63) is 0 Å². The van der Waals surface area contributed by atoms with Crippen LogP contribution in [-0.2, 0) is 13.6 Å². The normalized spacial score (nSPS) is 16.2. The second-order valence-corrected chi connectivity index (χ2v) is 17.2. The highest BCUT2D eigenvalue weighted by molar-refractivity contribution is 6.70. The van der Waals surface area contributed by atoms with E-state index in [2.05, 4.69) is 67.0 Å². The molecule has 2 atom stereocenters. The predicted molar refractivity (Wildman–Crippen MR) is 94.0 cm³/mol. The number of hydrogen-bond acceptors (Lipinski definition) is 3. The molecule has 0 aromatic carbocycles. The molecule has 2 unspecified atom stereocenters. The molecule has 0 aromatic heterocycles. The van der Waals surface area contributed by atoms with Crippen LogP contribution in [0.3, 0.4) is 0 Å². The zero-order valence-corrected chi connectivity index (χ0v) is 17.6. The van der Waals surface area contributed by atoms with E-state index in [-0.39, 0.29) is 24.3 Å². The molecule has 0 aliphatic carbocycles. The van der Waals surface area contributed by atoms with Gasteiger partial charge in [-0.05, 0) is 51.1 Å². The average Bonchev–Trinajstić information content (AvgIpc) is 2.23. The van der Waals surface area contributed by atoms with E-state index < -0.39 is 16.6 Å². The molecule has 0 aliphatic rings. The van der Waals surface area contributed by atoms with Gasteiger partial charge in [0.05, 0.1) is 0 Å². The Morgan fingerprint density at radius 2 is 1.05 bits per heavy atom. The van der Waals surface area contributed by atoms with Crippen LogP contribution >= 0.6 is 0 Å². The van der Waals surface area contributed by atoms with E-state index in [1.165, 1.54) is 0 Å². The topological polar surface area (TPSA) is 38.8 Å². The lowest BCUT2D eigenvalue weighted by molar-refractivity contribution is -0.152. The Morgan fingerprint density at radius 1 is 0.762 bits per heavy atom. The Bertz CT molecular complexity index is 294. The average molecular weight is 334 g/mol. The summed E-state index contributed by atoms with van der Waals surface area (Å²) in [5.74, 6) is 0.460. The smallest absolute Gasteiger partial charge is 0.213 e. The summed E-state index contributed by atoms with van der Waals surface area (Å²) in [6.07, 6.45) is 0.450. The van der Waals surface area contributed by atoms with E-state index in [4.69, 9.17) is 8.85 Å². The van der Waals surface area contributed by atoms with Crippen LogP contribution in [0, 0.1) is 11.8 Å². The third-order valence-corrected chi connectivity index (χ3v) is 4.70. The van der Waals surface area contributed by atoms with Crippen LogP contribution in [0.1, 0.15) is 27.7 Å². The Kier molecular flexibility index (Phi) is 7.83. The van der Waals surface area contributed by atoms with Gasteiger partial charge < -0.3 is 8.85 Å². The van der Waals surface area contributed by atoms with Crippen LogP contribution in [0.5, 0.6) is 0 Å². The van der Waals surface area contributed by atoms with Gasteiger partial charge in [-0.1, -0.05) is 27.7 Å². The minimum atomic E-state index is -1.75. The summed E-state index contributed by atoms with van der Waals surface area (Å²) < 4.78 is 12.5. The van der Waals surface area contributed by atoms with E-state index >= 15 is 0 Å². The molecule has 0 N–H and O–H groups in total. The molecule has 0 rings (SSSR count). The molecule has 21 heavy (non-hydrogen) atoms. The molecule has 126 valence electrons. The summed E-state index contributed by atoms with van der Waals surface area (Å²) in [4.78, 5) is 13.5. The third kappa shape index (κ3) is 8.13. The fourth-order valence-corrected chi connectivity index (χ4v) is 4.31. The van der Waals surface area contributed by atoms with E-state index in [1.807, 2.05) is 0 Å². The van der Waals surface area contributed by atoms with Crippen molar-refractivity contribution in [3.63, 3.8) is 0 Å². The Labute approximate surface area is 133 Å².